The molecule has 19 heavy (non-hydrogen) atoms. The molecule has 1 fully saturated rings. The van der Waals surface area contributed by atoms with E-state index >= 15 is 0 Å². The predicted octanol–water partition coefficient (Wildman–Crippen LogP) is 3.01. The van der Waals surface area contributed by atoms with E-state index in [1.165, 1.54) is 25.7 Å². The van der Waals surface area contributed by atoms with Crippen molar-refractivity contribution in [3.05, 3.63) is 29.3 Å². The molecule has 0 aromatic heterocycles. The van der Waals surface area contributed by atoms with Crippen molar-refractivity contribution < 1.29 is 8.95 Å². The second kappa shape index (κ2) is 6.72. The summed E-state index contributed by atoms with van der Waals surface area (Å²) in [6, 6.07) is 7.57. The van der Waals surface area contributed by atoms with Crippen molar-refractivity contribution in [3.63, 3.8) is 0 Å². The maximum Gasteiger partial charge on any atom is 0.136 e. The highest BCUT2D eigenvalue weighted by atomic mass is 32.2. The first-order chi connectivity index (χ1) is 9.22. The molecule has 2 rings (SSSR count). The highest BCUT2D eigenvalue weighted by molar-refractivity contribution is 7.84. The zero-order valence-corrected chi connectivity index (χ0v) is 12.0. The zero-order valence-electron chi connectivity index (χ0n) is 11.2. The molecule has 1 saturated carbocycles. The standard InChI is InChI=1S/C15H19NO2S/c1-18-15-7-6-13(8-14(15)9-16)11-19(17)10-12-4-2-3-5-12/h6-8,12H,2-5,10-11H2,1H3. The zero-order chi connectivity index (χ0) is 13.7. The minimum atomic E-state index is -0.830. The molecule has 4 heteroatoms. The Morgan fingerprint density at radius 3 is 2.79 bits per heavy atom. The van der Waals surface area contributed by atoms with Gasteiger partial charge in [0.2, 0.25) is 0 Å². The Morgan fingerprint density at radius 2 is 2.16 bits per heavy atom. The SMILES string of the molecule is COc1ccc(CS(=O)CC2CCCC2)cc1C#N. The summed E-state index contributed by atoms with van der Waals surface area (Å²) < 4.78 is 17.2. The minimum absolute atomic E-state index is 0.512. The van der Waals surface area contributed by atoms with Crippen LogP contribution in [0.3, 0.4) is 0 Å². The van der Waals surface area contributed by atoms with Crippen molar-refractivity contribution in [2.75, 3.05) is 12.9 Å². The lowest BCUT2D eigenvalue weighted by Gasteiger charge is -2.09. The van der Waals surface area contributed by atoms with Crippen molar-refractivity contribution in [1.29, 1.82) is 5.26 Å². The molecule has 1 aromatic carbocycles. The van der Waals surface area contributed by atoms with Crippen molar-refractivity contribution in [2.45, 2.75) is 31.4 Å². The second-order valence-electron chi connectivity index (χ2n) is 5.05. The lowest BCUT2D eigenvalue weighted by atomic mass is 10.1. The maximum absolute atomic E-state index is 12.1. The topological polar surface area (TPSA) is 50.1 Å². The molecule has 1 aromatic rings. The first kappa shape index (κ1) is 14.1. The molecule has 0 heterocycles. The summed E-state index contributed by atoms with van der Waals surface area (Å²) >= 11 is 0. The van der Waals surface area contributed by atoms with Crippen molar-refractivity contribution in [3.8, 4) is 11.8 Å². The molecule has 1 atom stereocenters. The van der Waals surface area contributed by atoms with Crippen molar-refractivity contribution in [2.24, 2.45) is 5.92 Å². The maximum atomic E-state index is 12.1. The molecular formula is C15H19NO2S. The molecule has 0 saturated heterocycles. The molecule has 1 unspecified atom stereocenters. The molecule has 1 aliphatic rings. The van der Waals surface area contributed by atoms with E-state index in [9.17, 15) is 4.21 Å². The summed E-state index contributed by atoms with van der Waals surface area (Å²) in [5, 5.41) is 9.03. The molecule has 3 nitrogen and oxygen atoms in total. The van der Waals surface area contributed by atoms with Gasteiger partial charge in [-0.1, -0.05) is 18.9 Å². The highest BCUT2D eigenvalue weighted by Crippen LogP contribution is 2.26. The average Bonchev–Trinajstić information content (AvgIpc) is 2.91. The third-order valence-electron chi connectivity index (χ3n) is 3.61. The van der Waals surface area contributed by atoms with E-state index in [0.29, 0.717) is 23.0 Å². The van der Waals surface area contributed by atoms with E-state index in [0.717, 1.165) is 11.3 Å². The fraction of sp³-hybridized carbons (Fsp3) is 0.533. The van der Waals surface area contributed by atoms with Crippen LogP contribution in [-0.4, -0.2) is 17.1 Å². The minimum Gasteiger partial charge on any atom is -0.495 e. The van der Waals surface area contributed by atoms with Crippen molar-refractivity contribution >= 4 is 10.8 Å². The van der Waals surface area contributed by atoms with E-state index in [2.05, 4.69) is 6.07 Å². The average molecular weight is 277 g/mol. The summed E-state index contributed by atoms with van der Waals surface area (Å²) in [6.45, 7) is 0. The molecule has 1 aliphatic carbocycles. The van der Waals surface area contributed by atoms with Gasteiger partial charge in [-0.15, -0.1) is 0 Å². The number of ether oxygens (including phenoxy) is 1. The number of methoxy groups -OCH3 is 1. The quantitative estimate of drug-likeness (QED) is 0.831. The largest absolute Gasteiger partial charge is 0.495 e. The van der Waals surface area contributed by atoms with Gasteiger partial charge >= 0.3 is 0 Å². The van der Waals surface area contributed by atoms with Crippen LogP contribution in [0.1, 0.15) is 36.8 Å². The highest BCUT2D eigenvalue weighted by Gasteiger charge is 2.18. The van der Waals surface area contributed by atoms with Gasteiger partial charge in [-0.25, -0.2) is 0 Å². The Kier molecular flexibility index (Phi) is 4.98. The lowest BCUT2D eigenvalue weighted by Crippen LogP contribution is -2.09. The smallest absolute Gasteiger partial charge is 0.136 e. The van der Waals surface area contributed by atoms with Gasteiger partial charge in [-0.05, 0) is 36.5 Å². The van der Waals surface area contributed by atoms with Crippen LogP contribution >= 0.6 is 0 Å². The van der Waals surface area contributed by atoms with Crippen LogP contribution < -0.4 is 4.74 Å². The molecule has 0 bridgehead atoms. The molecule has 0 spiro atoms. The van der Waals surface area contributed by atoms with Crippen LogP contribution in [0, 0.1) is 17.2 Å². The van der Waals surface area contributed by atoms with E-state index in [-0.39, 0.29) is 0 Å². The van der Waals surface area contributed by atoms with Gasteiger partial charge in [-0.3, -0.25) is 4.21 Å². The number of rotatable bonds is 5. The van der Waals surface area contributed by atoms with E-state index < -0.39 is 10.8 Å². The van der Waals surface area contributed by atoms with Crippen LogP contribution in [0.25, 0.3) is 0 Å². The third kappa shape index (κ3) is 3.81. The summed E-state index contributed by atoms with van der Waals surface area (Å²) in [7, 11) is 0.720. The van der Waals surface area contributed by atoms with Gasteiger partial charge in [0.1, 0.15) is 11.8 Å². The number of nitriles is 1. The van der Waals surface area contributed by atoms with Crippen LogP contribution in [0.15, 0.2) is 18.2 Å². The van der Waals surface area contributed by atoms with Crippen molar-refractivity contribution in [1.82, 2.24) is 0 Å². The van der Waals surface area contributed by atoms with Gasteiger partial charge in [-0.2, -0.15) is 5.26 Å². The van der Waals surface area contributed by atoms with Gasteiger partial charge < -0.3 is 4.74 Å². The van der Waals surface area contributed by atoms with Crippen LogP contribution in [0.2, 0.25) is 0 Å². The predicted molar refractivity (Wildman–Crippen MR) is 76.4 cm³/mol. The monoisotopic (exact) mass is 277 g/mol. The number of nitrogens with zero attached hydrogens (tertiary/aromatic N) is 1. The lowest BCUT2D eigenvalue weighted by molar-refractivity contribution is 0.413. The summed E-state index contributed by atoms with van der Waals surface area (Å²) in [4.78, 5) is 0. The Hall–Kier alpha value is -1.34. The number of benzene rings is 1. The molecule has 0 amide bonds. The fourth-order valence-corrected chi connectivity index (χ4v) is 4.15. The third-order valence-corrected chi connectivity index (χ3v) is 5.11. The Bertz CT molecular complexity index is 501. The normalized spacial score (nSPS) is 17.1. The van der Waals surface area contributed by atoms with E-state index in [4.69, 9.17) is 10.00 Å². The van der Waals surface area contributed by atoms with Crippen LogP contribution in [0.4, 0.5) is 0 Å². The summed E-state index contributed by atoms with van der Waals surface area (Å²) in [6.07, 6.45) is 5.00. The first-order valence-electron chi connectivity index (χ1n) is 6.65. The van der Waals surface area contributed by atoms with Crippen LogP contribution in [0.5, 0.6) is 5.75 Å². The Morgan fingerprint density at radius 1 is 1.42 bits per heavy atom. The summed E-state index contributed by atoms with van der Waals surface area (Å²) in [5.74, 6) is 2.55. The first-order valence-corrected chi connectivity index (χ1v) is 8.13. The molecule has 0 radical (unpaired) electrons. The van der Waals surface area contributed by atoms with Gasteiger partial charge in [0.25, 0.3) is 0 Å². The number of hydrogen-bond acceptors (Lipinski definition) is 3. The molecular weight excluding hydrogens is 258 g/mol. The summed E-state index contributed by atoms with van der Waals surface area (Å²) in [5.41, 5.74) is 1.46. The van der Waals surface area contributed by atoms with E-state index in [1.54, 1.807) is 19.2 Å². The van der Waals surface area contributed by atoms with Gasteiger partial charge in [0.05, 0.1) is 12.7 Å². The molecule has 0 N–H and O–H groups in total. The fourth-order valence-electron chi connectivity index (χ4n) is 2.62. The Labute approximate surface area is 117 Å². The van der Waals surface area contributed by atoms with Gasteiger partial charge in [0.15, 0.2) is 0 Å². The Balaban J connectivity index is 1.98. The second-order valence-corrected chi connectivity index (χ2v) is 6.55. The van der Waals surface area contributed by atoms with Gasteiger partial charge in [0, 0.05) is 22.3 Å². The van der Waals surface area contributed by atoms with E-state index in [1.807, 2.05) is 6.07 Å². The number of hydrogen-bond donors (Lipinski definition) is 0. The molecule has 102 valence electrons. The molecule has 0 aliphatic heterocycles. The van der Waals surface area contributed by atoms with Crippen LogP contribution in [-0.2, 0) is 16.6 Å².